The summed E-state index contributed by atoms with van der Waals surface area (Å²) in [6.45, 7) is 8.17. The zero-order chi connectivity index (χ0) is 20.3. The number of aryl methyl sites for hydroxylation is 2. The lowest BCUT2D eigenvalue weighted by Crippen LogP contribution is -2.19. The Morgan fingerprint density at radius 2 is 2.00 bits per heavy atom. The van der Waals surface area contributed by atoms with Gasteiger partial charge in [-0.3, -0.25) is 4.79 Å². The van der Waals surface area contributed by atoms with E-state index in [4.69, 9.17) is 16.3 Å². The Morgan fingerprint density at radius 1 is 1.21 bits per heavy atom. The molecular formula is C22H23ClN2O2S. The van der Waals surface area contributed by atoms with Gasteiger partial charge in [0.25, 0.3) is 5.91 Å². The van der Waals surface area contributed by atoms with E-state index in [1.54, 1.807) is 6.07 Å². The summed E-state index contributed by atoms with van der Waals surface area (Å²) >= 11 is 7.65. The highest BCUT2D eigenvalue weighted by Gasteiger charge is 2.24. The first-order valence-corrected chi connectivity index (χ1v) is 10.4. The smallest absolute Gasteiger partial charge is 0.264 e. The van der Waals surface area contributed by atoms with E-state index in [-0.39, 0.29) is 12.0 Å². The number of benzene rings is 2. The first-order chi connectivity index (χ1) is 13.4. The SMILES string of the molecule is CC[C@@H](C)Oc1ccc(/C=C2\SC(=Nc3ccc(C)c(C)c3)NC2=O)cc1Cl. The lowest BCUT2D eigenvalue weighted by atomic mass is 10.1. The zero-order valence-corrected chi connectivity index (χ0v) is 17.9. The molecule has 0 unspecified atom stereocenters. The van der Waals surface area contributed by atoms with E-state index in [0.29, 0.717) is 20.8 Å². The number of amides is 1. The van der Waals surface area contributed by atoms with Gasteiger partial charge in [0.2, 0.25) is 0 Å². The van der Waals surface area contributed by atoms with Gasteiger partial charge in [0.05, 0.1) is 21.7 Å². The Labute approximate surface area is 175 Å². The highest BCUT2D eigenvalue weighted by atomic mass is 35.5. The van der Waals surface area contributed by atoms with Gasteiger partial charge in [0.1, 0.15) is 5.75 Å². The van der Waals surface area contributed by atoms with Crippen molar-refractivity contribution < 1.29 is 9.53 Å². The van der Waals surface area contributed by atoms with Crippen LogP contribution in [0.5, 0.6) is 5.75 Å². The van der Waals surface area contributed by atoms with E-state index >= 15 is 0 Å². The minimum atomic E-state index is -0.163. The van der Waals surface area contributed by atoms with Gasteiger partial charge >= 0.3 is 0 Å². The molecule has 6 heteroatoms. The summed E-state index contributed by atoms with van der Waals surface area (Å²) in [7, 11) is 0. The number of amidine groups is 1. The van der Waals surface area contributed by atoms with Crippen molar-refractivity contribution in [3.8, 4) is 5.75 Å². The first kappa shape index (κ1) is 20.5. The molecule has 0 saturated carbocycles. The van der Waals surface area contributed by atoms with E-state index in [0.717, 1.165) is 17.7 Å². The molecule has 1 N–H and O–H groups in total. The monoisotopic (exact) mass is 414 g/mol. The lowest BCUT2D eigenvalue weighted by Gasteiger charge is -2.14. The van der Waals surface area contributed by atoms with Gasteiger partial charge in [0.15, 0.2) is 5.17 Å². The predicted molar refractivity (Wildman–Crippen MR) is 119 cm³/mol. The van der Waals surface area contributed by atoms with Crippen molar-refractivity contribution in [3.63, 3.8) is 0 Å². The molecule has 2 aromatic rings. The van der Waals surface area contributed by atoms with Gasteiger partial charge in [0, 0.05) is 0 Å². The molecule has 0 radical (unpaired) electrons. The van der Waals surface area contributed by atoms with Crippen molar-refractivity contribution >= 4 is 46.2 Å². The molecule has 1 heterocycles. The molecule has 4 nitrogen and oxygen atoms in total. The minimum Gasteiger partial charge on any atom is -0.489 e. The first-order valence-electron chi connectivity index (χ1n) is 9.18. The second-order valence-electron chi connectivity index (χ2n) is 6.78. The highest BCUT2D eigenvalue weighted by Crippen LogP contribution is 2.31. The number of nitrogens with zero attached hydrogens (tertiary/aromatic N) is 1. The van der Waals surface area contributed by atoms with Crippen molar-refractivity contribution in [2.45, 2.75) is 40.2 Å². The van der Waals surface area contributed by atoms with Crippen LogP contribution in [-0.4, -0.2) is 17.2 Å². The van der Waals surface area contributed by atoms with Crippen molar-refractivity contribution in [1.29, 1.82) is 0 Å². The van der Waals surface area contributed by atoms with Crippen molar-refractivity contribution in [3.05, 3.63) is 63.0 Å². The molecule has 0 bridgehead atoms. The maximum absolute atomic E-state index is 12.3. The van der Waals surface area contributed by atoms with Crippen LogP contribution >= 0.6 is 23.4 Å². The summed E-state index contributed by atoms with van der Waals surface area (Å²) in [5, 5.41) is 3.92. The number of hydrogen-bond donors (Lipinski definition) is 1. The molecule has 146 valence electrons. The third-order valence-electron chi connectivity index (χ3n) is 4.53. The van der Waals surface area contributed by atoms with Gasteiger partial charge < -0.3 is 10.1 Å². The molecule has 1 saturated heterocycles. The molecule has 1 aliphatic heterocycles. The number of carbonyl (C=O) groups is 1. The Balaban J connectivity index is 1.77. The zero-order valence-electron chi connectivity index (χ0n) is 16.4. The van der Waals surface area contributed by atoms with Crippen LogP contribution in [0.3, 0.4) is 0 Å². The molecule has 1 atom stereocenters. The molecule has 0 aromatic heterocycles. The number of hydrogen-bond acceptors (Lipinski definition) is 4. The predicted octanol–water partition coefficient (Wildman–Crippen LogP) is 6.03. The summed E-state index contributed by atoms with van der Waals surface area (Å²) in [5.41, 5.74) is 4.04. The fourth-order valence-corrected chi connectivity index (χ4v) is 3.62. The molecule has 0 aliphatic carbocycles. The van der Waals surface area contributed by atoms with Crippen molar-refractivity contribution in [2.75, 3.05) is 0 Å². The third-order valence-corrected chi connectivity index (χ3v) is 5.73. The van der Waals surface area contributed by atoms with E-state index in [9.17, 15) is 4.79 Å². The molecule has 3 rings (SSSR count). The lowest BCUT2D eigenvalue weighted by molar-refractivity contribution is -0.115. The molecule has 28 heavy (non-hydrogen) atoms. The summed E-state index contributed by atoms with van der Waals surface area (Å²) < 4.78 is 5.79. The summed E-state index contributed by atoms with van der Waals surface area (Å²) in [6.07, 6.45) is 2.81. The van der Waals surface area contributed by atoms with Gasteiger partial charge in [-0.25, -0.2) is 4.99 Å². The van der Waals surface area contributed by atoms with Gasteiger partial charge in [-0.05, 0) is 86.0 Å². The maximum atomic E-state index is 12.3. The summed E-state index contributed by atoms with van der Waals surface area (Å²) in [5.74, 6) is 0.488. The van der Waals surface area contributed by atoms with Gasteiger partial charge in [-0.2, -0.15) is 0 Å². The standard InChI is InChI=1S/C22H23ClN2O2S/c1-5-15(4)27-19-9-7-16(11-18(19)23)12-20-21(26)25-22(28-20)24-17-8-6-13(2)14(3)10-17/h6-12,15H,5H2,1-4H3,(H,24,25,26)/b20-12-/t15-/m1/s1. The fourth-order valence-electron chi connectivity index (χ4n) is 2.55. The number of halogens is 1. The van der Waals surface area contributed by atoms with E-state index in [1.807, 2.05) is 50.3 Å². The normalized spacial score (nSPS) is 17.8. The number of aliphatic imine (C=N–C) groups is 1. The molecule has 1 amide bonds. The summed E-state index contributed by atoms with van der Waals surface area (Å²) in [6, 6.07) is 11.5. The molecule has 1 fully saturated rings. The average molecular weight is 415 g/mol. The highest BCUT2D eigenvalue weighted by molar-refractivity contribution is 8.18. The van der Waals surface area contributed by atoms with Crippen LogP contribution in [0, 0.1) is 13.8 Å². The number of ether oxygens (including phenoxy) is 1. The number of nitrogens with one attached hydrogen (secondary N) is 1. The van der Waals surface area contributed by atoms with Gasteiger partial charge in [-0.1, -0.05) is 30.7 Å². The van der Waals surface area contributed by atoms with Crippen molar-refractivity contribution in [2.24, 2.45) is 4.99 Å². The molecule has 0 spiro atoms. The van der Waals surface area contributed by atoms with Crippen LogP contribution in [0.1, 0.15) is 37.0 Å². The minimum absolute atomic E-state index is 0.0991. The van der Waals surface area contributed by atoms with Crippen LogP contribution in [0.2, 0.25) is 5.02 Å². The molecular weight excluding hydrogens is 392 g/mol. The largest absolute Gasteiger partial charge is 0.489 e. The second kappa shape index (κ2) is 8.84. The number of rotatable bonds is 5. The maximum Gasteiger partial charge on any atom is 0.264 e. The van der Waals surface area contributed by atoms with Crippen LogP contribution in [-0.2, 0) is 4.79 Å². The van der Waals surface area contributed by atoms with E-state index < -0.39 is 0 Å². The quantitative estimate of drug-likeness (QED) is 0.608. The summed E-state index contributed by atoms with van der Waals surface area (Å²) in [4.78, 5) is 17.4. The second-order valence-corrected chi connectivity index (χ2v) is 8.21. The average Bonchev–Trinajstić information content (AvgIpc) is 2.99. The van der Waals surface area contributed by atoms with E-state index in [1.165, 1.54) is 22.9 Å². The van der Waals surface area contributed by atoms with Crippen molar-refractivity contribution in [1.82, 2.24) is 5.32 Å². The van der Waals surface area contributed by atoms with E-state index in [2.05, 4.69) is 24.2 Å². The fraction of sp³-hybridized carbons (Fsp3) is 0.273. The topological polar surface area (TPSA) is 50.7 Å². The molecule has 1 aliphatic rings. The van der Waals surface area contributed by atoms with Gasteiger partial charge in [-0.15, -0.1) is 0 Å². The number of thioether (sulfide) groups is 1. The van der Waals surface area contributed by atoms with Crippen LogP contribution in [0.25, 0.3) is 6.08 Å². The number of carbonyl (C=O) groups excluding carboxylic acids is 1. The van der Waals surface area contributed by atoms with Crippen LogP contribution in [0.4, 0.5) is 5.69 Å². The Bertz CT molecular complexity index is 969. The van der Waals surface area contributed by atoms with Crippen LogP contribution in [0.15, 0.2) is 46.3 Å². The van der Waals surface area contributed by atoms with Crippen LogP contribution < -0.4 is 10.1 Å². The third kappa shape index (κ3) is 4.97. The Morgan fingerprint density at radius 3 is 2.68 bits per heavy atom. The Kier molecular flexibility index (Phi) is 6.47. The Hall–Kier alpha value is -2.24. The molecule has 2 aromatic carbocycles.